The molecule has 2 rings (SSSR count). The topological polar surface area (TPSA) is 117 Å². The summed E-state index contributed by atoms with van der Waals surface area (Å²) in [5.74, 6) is 0.390. The van der Waals surface area contributed by atoms with Crippen molar-refractivity contribution < 1.29 is 4.79 Å². The third-order valence-electron chi connectivity index (χ3n) is 3.66. The molecule has 0 aliphatic carbocycles. The number of aromatic amines is 1. The summed E-state index contributed by atoms with van der Waals surface area (Å²) in [6, 6.07) is 1.01. The summed E-state index contributed by atoms with van der Waals surface area (Å²) in [4.78, 5) is 30.0. The van der Waals surface area contributed by atoms with Gasteiger partial charge >= 0.3 is 6.03 Å². The molecule has 9 nitrogen and oxygen atoms in total. The average Bonchev–Trinajstić information content (AvgIpc) is 2.82. The van der Waals surface area contributed by atoms with Gasteiger partial charge in [-0.15, -0.1) is 0 Å². The van der Waals surface area contributed by atoms with E-state index in [-0.39, 0.29) is 17.6 Å². The number of aryl methyl sites for hydroxylation is 2. The third kappa shape index (κ3) is 4.58. The molecule has 0 aliphatic heterocycles. The van der Waals surface area contributed by atoms with E-state index >= 15 is 0 Å². The molecule has 0 spiro atoms. The Kier molecular flexibility index (Phi) is 5.56. The van der Waals surface area contributed by atoms with E-state index in [9.17, 15) is 9.59 Å². The van der Waals surface area contributed by atoms with Crippen LogP contribution in [0.4, 0.5) is 10.7 Å². The Morgan fingerprint density at radius 3 is 2.75 bits per heavy atom. The average molecular weight is 333 g/mol. The van der Waals surface area contributed by atoms with Gasteiger partial charge < -0.3 is 16.0 Å². The number of hydrogen-bond donors (Lipinski definition) is 4. The summed E-state index contributed by atoms with van der Waals surface area (Å²) >= 11 is 0. The molecule has 0 saturated heterocycles. The fraction of sp³-hybridized carbons (Fsp3) is 0.467. The van der Waals surface area contributed by atoms with Gasteiger partial charge in [0.25, 0.3) is 5.56 Å². The van der Waals surface area contributed by atoms with Gasteiger partial charge in [0.2, 0.25) is 5.95 Å². The summed E-state index contributed by atoms with van der Waals surface area (Å²) in [7, 11) is 1.86. The van der Waals surface area contributed by atoms with E-state index in [0.717, 1.165) is 11.3 Å². The molecular formula is C15H23N7O2. The molecular weight excluding hydrogens is 310 g/mol. The van der Waals surface area contributed by atoms with Crippen molar-refractivity contribution in [1.82, 2.24) is 30.4 Å². The fourth-order valence-electron chi connectivity index (χ4n) is 2.29. The highest BCUT2D eigenvalue weighted by Gasteiger charge is 2.14. The quantitative estimate of drug-likeness (QED) is 0.577. The molecule has 0 bridgehead atoms. The van der Waals surface area contributed by atoms with Crippen LogP contribution in [0.3, 0.4) is 0 Å². The first-order chi connectivity index (χ1) is 11.4. The van der Waals surface area contributed by atoms with Gasteiger partial charge in [0.1, 0.15) is 0 Å². The zero-order valence-corrected chi connectivity index (χ0v) is 14.3. The molecule has 0 unspecified atom stereocenters. The highest BCUT2D eigenvalue weighted by atomic mass is 16.2. The summed E-state index contributed by atoms with van der Waals surface area (Å²) in [6.45, 7) is 6.44. The molecule has 4 N–H and O–H groups in total. The lowest BCUT2D eigenvalue weighted by Crippen LogP contribution is -2.39. The Balaban J connectivity index is 1.75. The highest BCUT2D eigenvalue weighted by molar-refractivity contribution is 5.74. The lowest BCUT2D eigenvalue weighted by atomic mass is 10.1. The molecule has 9 heteroatoms. The minimum atomic E-state index is -0.266. The Morgan fingerprint density at radius 2 is 2.12 bits per heavy atom. The van der Waals surface area contributed by atoms with Crippen LogP contribution in [0.15, 0.2) is 17.1 Å². The number of anilines is 1. The van der Waals surface area contributed by atoms with E-state index in [1.54, 1.807) is 17.8 Å². The van der Waals surface area contributed by atoms with Crippen molar-refractivity contribution >= 4 is 12.0 Å². The summed E-state index contributed by atoms with van der Waals surface area (Å²) in [6.07, 6.45) is 1.75. The Labute approximate surface area is 139 Å². The molecule has 24 heavy (non-hydrogen) atoms. The van der Waals surface area contributed by atoms with E-state index in [0.29, 0.717) is 24.7 Å². The van der Waals surface area contributed by atoms with Gasteiger partial charge in [-0.1, -0.05) is 0 Å². The summed E-state index contributed by atoms with van der Waals surface area (Å²) in [5.41, 5.74) is 2.41. The van der Waals surface area contributed by atoms with Crippen LogP contribution in [0.25, 0.3) is 0 Å². The molecule has 2 aromatic heterocycles. The second-order valence-electron chi connectivity index (χ2n) is 5.59. The monoisotopic (exact) mass is 333 g/mol. The van der Waals surface area contributed by atoms with Crippen LogP contribution < -0.4 is 21.5 Å². The third-order valence-corrected chi connectivity index (χ3v) is 3.66. The van der Waals surface area contributed by atoms with Crippen molar-refractivity contribution in [3.63, 3.8) is 0 Å². The van der Waals surface area contributed by atoms with Crippen molar-refractivity contribution in [1.29, 1.82) is 0 Å². The maximum atomic E-state index is 11.9. The second-order valence-corrected chi connectivity index (χ2v) is 5.59. The predicted molar refractivity (Wildman–Crippen MR) is 91.0 cm³/mol. The maximum Gasteiger partial charge on any atom is 0.315 e. The van der Waals surface area contributed by atoms with Crippen LogP contribution in [-0.4, -0.2) is 38.9 Å². The molecule has 0 fully saturated rings. The SMILES string of the molecule is Cc1cc(=O)[nH]c(NCCNC(=O)N[C@@H](C)c2cnn(C)c2C)n1. The largest absolute Gasteiger partial charge is 0.354 e. The van der Waals surface area contributed by atoms with E-state index < -0.39 is 0 Å². The first-order valence-corrected chi connectivity index (χ1v) is 7.71. The standard InChI is InChI=1S/C15H23N7O2/c1-9-7-13(23)21-14(19-9)16-5-6-17-15(24)20-10(2)12-8-18-22(4)11(12)3/h7-8,10H,5-6H2,1-4H3,(H2,17,20,24)(H2,16,19,21,23)/t10-/m0/s1. The number of carbonyl (C=O) groups excluding carboxylic acids is 1. The zero-order valence-electron chi connectivity index (χ0n) is 14.3. The Bertz CT molecular complexity index is 765. The molecule has 0 aliphatic rings. The minimum Gasteiger partial charge on any atom is -0.354 e. The van der Waals surface area contributed by atoms with Crippen LogP contribution in [0.2, 0.25) is 0 Å². The van der Waals surface area contributed by atoms with Crippen LogP contribution in [-0.2, 0) is 7.05 Å². The Hall–Kier alpha value is -2.84. The number of nitrogens with zero attached hydrogens (tertiary/aromatic N) is 3. The van der Waals surface area contributed by atoms with Crippen molar-refractivity contribution in [3.05, 3.63) is 39.6 Å². The van der Waals surface area contributed by atoms with E-state index in [4.69, 9.17) is 0 Å². The second kappa shape index (κ2) is 7.62. The number of carbonyl (C=O) groups is 1. The van der Waals surface area contributed by atoms with Crippen LogP contribution >= 0.6 is 0 Å². The van der Waals surface area contributed by atoms with Gasteiger partial charge in [-0.25, -0.2) is 9.78 Å². The summed E-state index contributed by atoms with van der Waals surface area (Å²) in [5, 5.41) is 12.7. The van der Waals surface area contributed by atoms with Gasteiger partial charge in [0, 0.05) is 43.2 Å². The van der Waals surface area contributed by atoms with Crippen LogP contribution in [0.1, 0.15) is 29.9 Å². The highest BCUT2D eigenvalue weighted by Crippen LogP contribution is 2.15. The molecule has 0 saturated carbocycles. The number of amides is 2. The molecule has 2 heterocycles. The number of nitrogens with one attached hydrogen (secondary N) is 4. The number of H-pyrrole nitrogens is 1. The number of rotatable bonds is 6. The number of hydrogen-bond acceptors (Lipinski definition) is 5. The van der Waals surface area contributed by atoms with Gasteiger partial charge in [0.05, 0.1) is 12.2 Å². The van der Waals surface area contributed by atoms with E-state index in [2.05, 4.69) is 31.0 Å². The summed E-state index contributed by atoms with van der Waals surface area (Å²) < 4.78 is 1.77. The Morgan fingerprint density at radius 1 is 1.38 bits per heavy atom. The van der Waals surface area contributed by atoms with Crippen molar-refractivity contribution in [2.24, 2.45) is 7.05 Å². The van der Waals surface area contributed by atoms with E-state index in [1.165, 1.54) is 6.07 Å². The predicted octanol–water partition coefficient (Wildman–Crippen LogP) is 0.593. The maximum absolute atomic E-state index is 11.9. The normalized spacial score (nSPS) is 11.8. The molecule has 130 valence electrons. The molecule has 1 atom stereocenters. The molecule has 2 amide bonds. The number of urea groups is 1. The van der Waals surface area contributed by atoms with E-state index in [1.807, 2.05) is 20.9 Å². The van der Waals surface area contributed by atoms with Crippen LogP contribution in [0.5, 0.6) is 0 Å². The smallest absolute Gasteiger partial charge is 0.315 e. The van der Waals surface area contributed by atoms with Crippen molar-refractivity contribution in [2.45, 2.75) is 26.8 Å². The first kappa shape index (κ1) is 17.5. The van der Waals surface area contributed by atoms with Gasteiger partial charge in [-0.2, -0.15) is 5.10 Å². The van der Waals surface area contributed by atoms with Gasteiger partial charge in [-0.05, 0) is 20.8 Å². The fourth-order valence-corrected chi connectivity index (χ4v) is 2.29. The molecule has 0 radical (unpaired) electrons. The molecule has 2 aromatic rings. The first-order valence-electron chi connectivity index (χ1n) is 7.71. The van der Waals surface area contributed by atoms with Crippen LogP contribution in [0, 0.1) is 13.8 Å². The van der Waals surface area contributed by atoms with Crippen molar-refractivity contribution in [2.75, 3.05) is 18.4 Å². The van der Waals surface area contributed by atoms with Crippen molar-refractivity contribution in [3.8, 4) is 0 Å². The lowest BCUT2D eigenvalue weighted by Gasteiger charge is -2.14. The van der Waals surface area contributed by atoms with Gasteiger partial charge in [-0.3, -0.25) is 14.5 Å². The minimum absolute atomic E-state index is 0.138. The molecule has 0 aromatic carbocycles. The number of aromatic nitrogens is 4. The zero-order chi connectivity index (χ0) is 17.7. The van der Waals surface area contributed by atoms with Gasteiger partial charge in [0.15, 0.2) is 0 Å². The lowest BCUT2D eigenvalue weighted by molar-refractivity contribution is 0.238.